The van der Waals surface area contributed by atoms with Gasteiger partial charge in [-0.05, 0) is 31.6 Å². The lowest BCUT2D eigenvalue weighted by Gasteiger charge is -2.35. The maximum absolute atomic E-state index is 12.3. The van der Waals surface area contributed by atoms with Gasteiger partial charge < -0.3 is 9.57 Å². The average molecular weight is 243 g/mol. The van der Waals surface area contributed by atoms with Gasteiger partial charge in [-0.2, -0.15) is 0 Å². The molecule has 1 aromatic rings. The third kappa shape index (κ3) is 1.42. The molecule has 4 nitrogen and oxygen atoms in total. The molecule has 18 heavy (non-hydrogen) atoms. The van der Waals surface area contributed by atoms with Crippen LogP contribution in [-0.2, 0) is 15.1 Å². The van der Waals surface area contributed by atoms with Crippen molar-refractivity contribution in [1.29, 1.82) is 0 Å². The summed E-state index contributed by atoms with van der Waals surface area (Å²) in [5.74, 6) is 0.455. The molecule has 3 rings (SSSR count). The van der Waals surface area contributed by atoms with Crippen LogP contribution in [0.3, 0.4) is 0 Å². The van der Waals surface area contributed by atoms with Crippen molar-refractivity contribution >= 4 is 18.1 Å². The minimum atomic E-state index is -1.13. The van der Waals surface area contributed by atoms with E-state index in [0.29, 0.717) is 5.75 Å². The van der Waals surface area contributed by atoms with Crippen molar-refractivity contribution in [2.45, 2.75) is 25.6 Å². The van der Waals surface area contributed by atoms with Gasteiger partial charge in [0.15, 0.2) is 17.1 Å². The molecule has 0 fully saturated rings. The predicted octanol–water partition coefficient (Wildman–Crippen LogP) is 2.28. The number of ketones is 1. The lowest BCUT2D eigenvalue weighted by atomic mass is 9.81. The first-order valence-electron chi connectivity index (χ1n) is 5.89. The molecule has 1 aliphatic heterocycles. The van der Waals surface area contributed by atoms with Crippen LogP contribution < -0.4 is 4.84 Å². The Morgan fingerprint density at radius 3 is 2.94 bits per heavy atom. The summed E-state index contributed by atoms with van der Waals surface area (Å²) in [4.78, 5) is 17.5. The number of nitrogens with zero attached hydrogens (tertiary/aromatic N) is 1. The number of carbonyl (C=O) groups is 1. The molecule has 1 aromatic carbocycles. The smallest absolute Gasteiger partial charge is 0.198 e. The van der Waals surface area contributed by atoms with Gasteiger partial charge in [0, 0.05) is 0 Å². The molecular formula is C14H13NO3. The van der Waals surface area contributed by atoms with Crippen LogP contribution in [0.15, 0.2) is 29.4 Å². The van der Waals surface area contributed by atoms with Crippen molar-refractivity contribution in [2.24, 2.45) is 5.16 Å². The van der Waals surface area contributed by atoms with Crippen LogP contribution in [-0.4, -0.2) is 18.1 Å². The summed E-state index contributed by atoms with van der Waals surface area (Å²) in [6.45, 7) is 3.79. The fourth-order valence-electron chi connectivity index (χ4n) is 2.38. The molecule has 4 heteroatoms. The second-order valence-corrected chi connectivity index (χ2v) is 4.65. The van der Waals surface area contributed by atoms with Crippen LogP contribution in [0.25, 0.3) is 6.08 Å². The quantitative estimate of drug-likeness (QED) is 0.800. The molecule has 0 aromatic heterocycles. The SMILES string of the molecule is CC(C)OC12C=NOc3cccc(c31)C=CC2=O. The number of benzene rings is 1. The Morgan fingerprint density at radius 1 is 1.33 bits per heavy atom. The maximum Gasteiger partial charge on any atom is 0.198 e. The Kier molecular flexibility index (Phi) is 2.35. The zero-order valence-electron chi connectivity index (χ0n) is 10.2. The molecular weight excluding hydrogens is 230 g/mol. The number of oxime groups is 1. The van der Waals surface area contributed by atoms with Crippen molar-refractivity contribution in [3.05, 3.63) is 35.4 Å². The van der Waals surface area contributed by atoms with Gasteiger partial charge in [0.2, 0.25) is 0 Å². The zero-order chi connectivity index (χ0) is 12.8. The highest BCUT2D eigenvalue weighted by Gasteiger charge is 2.47. The summed E-state index contributed by atoms with van der Waals surface area (Å²) in [7, 11) is 0. The van der Waals surface area contributed by atoms with Crippen molar-refractivity contribution in [3.8, 4) is 5.75 Å². The number of hydrogen-bond donors (Lipinski definition) is 0. The Morgan fingerprint density at radius 2 is 2.17 bits per heavy atom. The first-order valence-corrected chi connectivity index (χ1v) is 5.89. The molecule has 0 amide bonds. The van der Waals surface area contributed by atoms with Crippen molar-refractivity contribution < 1.29 is 14.4 Å². The largest absolute Gasteiger partial charge is 0.357 e. The van der Waals surface area contributed by atoms with E-state index in [-0.39, 0.29) is 11.9 Å². The van der Waals surface area contributed by atoms with Gasteiger partial charge in [0.1, 0.15) is 0 Å². The molecule has 0 radical (unpaired) electrons. The molecule has 0 N–H and O–H groups in total. The molecule has 2 aliphatic rings. The molecule has 0 saturated heterocycles. The van der Waals surface area contributed by atoms with Gasteiger partial charge in [0.25, 0.3) is 0 Å². The number of rotatable bonds is 2. The van der Waals surface area contributed by atoms with Crippen LogP contribution >= 0.6 is 0 Å². The van der Waals surface area contributed by atoms with Crippen LogP contribution in [0, 0.1) is 0 Å². The monoisotopic (exact) mass is 243 g/mol. The standard InChI is InChI=1S/C14H13NO3/c1-9(2)17-14-8-15-18-11-5-3-4-10(13(11)14)6-7-12(14)16/h3-9H,1-2H3. The number of hydrogen-bond acceptors (Lipinski definition) is 4. The molecule has 0 saturated carbocycles. The van der Waals surface area contributed by atoms with Gasteiger partial charge in [-0.1, -0.05) is 23.4 Å². The first-order chi connectivity index (χ1) is 8.63. The average Bonchev–Trinajstić information content (AvgIpc) is 2.34. The van der Waals surface area contributed by atoms with E-state index < -0.39 is 5.60 Å². The second kappa shape index (κ2) is 3.78. The van der Waals surface area contributed by atoms with Crippen molar-refractivity contribution in [2.75, 3.05) is 0 Å². The highest BCUT2D eigenvalue weighted by molar-refractivity contribution is 6.15. The highest BCUT2D eigenvalue weighted by Crippen LogP contribution is 2.42. The molecule has 92 valence electrons. The predicted molar refractivity (Wildman–Crippen MR) is 67.5 cm³/mol. The van der Waals surface area contributed by atoms with E-state index in [4.69, 9.17) is 9.57 Å². The molecule has 1 atom stereocenters. The second-order valence-electron chi connectivity index (χ2n) is 4.65. The normalized spacial score (nSPS) is 24.1. The lowest BCUT2D eigenvalue weighted by Crippen LogP contribution is -2.45. The fraction of sp³-hybridized carbons (Fsp3) is 0.286. The molecule has 0 bridgehead atoms. The third-order valence-corrected chi connectivity index (χ3v) is 3.02. The van der Waals surface area contributed by atoms with Gasteiger partial charge >= 0.3 is 0 Å². The summed E-state index contributed by atoms with van der Waals surface area (Å²) in [5.41, 5.74) is 0.549. The van der Waals surface area contributed by atoms with Crippen molar-refractivity contribution in [3.63, 3.8) is 0 Å². The number of ether oxygens (including phenoxy) is 1. The minimum Gasteiger partial charge on any atom is -0.357 e. The molecule has 1 aliphatic carbocycles. The number of carbonyl (C=O) groups excluding carboxylic acids is 1. The van der Waals surface area contributed by atoms with Crippen LogP contribution in [0.2, 0.25) is 0 Å². The van der Waals surface area contributed by atoms with E-state index in [1.54, 1.807) is 12.1 Å². The highest BCUT2D eigenvalue weighted by atomic mass is 16.6. The maximum atomic E-state index is 12.3. The molecule has 1 unspecified atom stereocenters. The van der Waals surface area contributed by atoms with Gasteiger partial charge in [-0.15, -0.1) is 0 Å². The Bertz CT molecular complexity index is 574. The topological polar surface area (TPSA) is 47.9 Å². The van der Waals surface area contributed by atoms with Crippen LogP contribution in [0.1, 0.15) is 25.0 Å². The van der Waals surface area contributed by atoms with Gasteiger partial charge in [0.05, 0.1) is 17.9 Å². The van der Waals surface area contributed by atoms with Crippen LogP contribution in [0.5, 0.6) is 5.75 Å². The Hall–Kier alpha value is -1.94. The van der Waals surface area contributed by atoms with E-state index in [9.17, 15) is 4.79 Å². The summed E-state index contributed by atoms with van der Waals surface area (Å²) in [6, 6.07) is 5.60. The van der Waals surface area contributed by atoms with Crippen molar-refractivity contribution in [1.82, 2.24) is 0 Å². The van der Waals surface area contributed by atoms with Gasteiger partial charge in [-0.25, -0.2) is 0 Å². The molecule has 0 spiro atoms. The lowest BCUT2D eigenvalue weighted by molar-refractivity contribution is -0.136. The Balaban J connectivity index is 2.27. The molecule has 1 heterocycles. The zero-order valence-corrected chi connectivity index (χ0v) is 10.2. The summed E-state index contributed by atoms with van der Waals surface area (Å²) in [5, 5.41) is 3.82. The Labute approximate surface area is 105 Å². The summed E-state index contributed by atoms with van der Waals surface area (Å²) >= 11 is 0. The van der Waals surface area contributed by atoms with E-state index >= 15 is 0 Å². The summed E-state index contributed by atoms with van der Waals surface area (Å²) in [6.07, 6.45) is 4.67. The van der Waals surface area contributed by atoms with E-state index in [1.807, 2.05) is 26.0 Å². The van der Waals surface area contributed by atoms with Gasteiger partial charge in [-0.3, -0.25) is 4.79 Å². The third-order valence-electron chi connectivity index (χ3n) is 3.02. The minimum absolute atomic E-state index is 0.0918. The van der Waals surface area contributed by atoms with E-state index in [1.165, 1.54) is 12.3 Å². The van der Waals surface area contributed by atoms with Crippen LogP contribution in [0.4, 0.5) is 0 Å². The summed E-state index contributed by atoms with van der Waals surface area (Å²) < 4.78 is 5.87. The van der Waals surface area contributed by atoms with E-state index in [2.05, 4.69) is 5.16 Å². The fourth-order valence-corrected chi connectivity index (χ4v) is 2.38. The van der Waals surface area contributed by atoms with E-state index in [0.717, 1.165) is 11.1 Å². The first kappa shape index (κ1) is 11.2.